The molecule has 1 aromatic carbocycles. The van der Waals surface area contributed by atoms with Crippen molar-refractivity contribution in [1.29, 1.82) is 0 Å². The van der Waals surface area contributed by atoms with Gasteiger partial charge < -0.3 is 5.32 Å². The van der Waals surface area contributed by atoms with Crippen LogP contribution in [0.2, 0.25) is 0 Å². The maximum Gasteiger partial charge on any atom is 0.346 e. The van der Waals surface area contributed by atoms with E-state index in [1.165, 1.54) is 16.8 Å². The number of benzene rings is 1. The molecule has 0 saturated heterocycles. The molecule has 1 amide bonds. The van der Waals surface area contributed by atoms with E-state index in [0.717, 1.165) is 29.9 Å². The molecule has 31 heavy (non-hydrogen) atoms. The summed E-state index contributed by atoms with van der Waals surface area (Å²) in [6, 6.07) is 7.87. The quantitative estimate of drug-likeness (QED) is 0.654. The Bertz CT molecular complexity index is 1130. The highest BCUT2D eigenvalue weighted by atomic mass is 19.1. The average molecular weight is 426 g/mol. The number of fused-ring (bicyclic) bond motifs is 1. The van der Waals surface area contributed by atoms with Crippen LogP contribution in [0.1, 0.15) is 53.8 Å². The predicted molar refractivity (Wildman–Crippen MR) is 113 cm³/mol. The lowest BCUT2D eigenvalue weighted by molar-refractivity contribution is 0.0923. The smallest absolute Gasteiger partial charge is 0.346 e. The molecular formula is C22H27FN6O2. The molecule has 8 nitrogen and oxygen atoms in total. The third kappa shape index (κ3) is 4.60. The monoisotopic (exact) mass is 426 g/mol. The topological polar surface area (TPSA) is 86.7 Å². The minimum absolute atomic E-state index is 0.0383. The minimum atomic E-state index is -0.308. The fourth-order valence-electron chi connectivity index (χ4n) is 4.01. The minimum Gasteiger partial charge on any atom is -0.348 e. The van der Waals surface area contributed by atoms with Gasteiger partial charge in [0, 0.05) is 26.1 Å². The number of carbonyl (C=O) groups excluding carboxylic acids is 1. The molecule has 0 bridgehead atoms. The molecule has 1 atom stereocenters. The van der Waals surface area contributed by atoms with Gasteiger partial charge in [-0.05, 0) is 43.0 Å². The Hall–Kier alpha value is -3.23. The summed E-state index contributed by atoms with van der Waals surface area (Å²) in [5.74, 6) is 0.266. The molecule has 3 heterocycles. The maximum absolute atomic E-state index is 13.1. The van der Waals surface area contributed by atoms with Crippen LogP contribution in [-0.2, 0) is 33.0 Å². The first-order valence-corrected chi connectivity index (χ1v) is 10.7. The third-order valence-corrected chi connectivity index (χ3v) is 5.67. The molecule has 1 aliphatic rings. The van der Waals surface area contributed by atoms with Gasteiger partial charge in [0.25, 0.3) is 5.91 Å². The fourth-order valence-corrected chi connectivity index (χ4v) is 4.01. The number of nitrogens with zero attached hydrogens (tertiary/aromatic N) is 5. The van der Waals surface area contributed by atoms with Gasteiger partial charge in [0.1, 0.15) is 17.3 Å². The number of carbonyl (C=O) groups is 1. The third-order valence-electron chi connectivity index (χ3n) is 5.67. The van der Waals surface area contributed by atoms with E-state index in [1.54, 1.807) is 28.4 Å². The zero-order chi connectivity index (χ0) is 22.0. The summed E-state index contributed by atoms with van der Waals surface area (Å²) in [5, 5.41) is 12.0. The Morgan fingerprint density at radius 2 is 2.00 bits per heavy atom. The van der Waals surface area contributed by atoms with E-state index in [0.29, 0.717) is 38.0 Å². The van der Waals surface area contributed by atoms with Crippen molar-refractivity contribution in [2.75, 3.05) is 0 Å². The van der Waals surface area contributed by atoms with E-state index in [-0.39, 0.29) is 23.5 Å². The van der Waals surface area contributed by atoms with Crippen molar-refractivity contribution >= 4 is 5.91 Å². The normalized spacial score (nSPS) is 16.0. The second kappa shape index (κ2) is 8.87. The van der Waals surface area contributed by atoms with E-state index >= 15 is 0 Å². The summed E-state index contributed by atoms with van der Waals surface area (Å²) in [5.41, 5.74) is 2.10. The van der Waals surface area contributed by atoms with Crippen molar-refractivity contribution in [2.24, 2.45) is 7.05 Å². The van der Waals surface area contributed by atoms with Gasteiger partial charge in [-0.15, -0.1) is 0 Å². The highest BCUT2D eigenvalue weighted by Crippen LogP contribution is 2.14. The molecule has 4 rings (SSSR count). The predicted octanol–water partition coefficient (Wildman–Crippen LogP) is 2.05. The molecule has 0 saturated carbocycles. The van der Waals surface area contributed by atoms with Crippen LogP contribution in [-0.4, -0.2) is 36.1 Å². The average Bonchev–Trinajstić information content (AvgIpc) is 3.17. The number of rotatable bonds is 6. The van der Waals surface area contributed by atoms with Crippen molar-refractivity contribution in [3.05, 3.63) is 69.4 Å². The van der Waals surface area contributed by atoms with E-state index < -0.39 is 0 Å². The zero-order valence-corrected chi connectivity index (χ0v) is 17.8. The lowest BCUT2D eigenvalue weighted by Gasteiger charge is -2.16. The molecule has 0 fully saturated rings. The SMILES string of the molecule is CCCc1cc(C(=O)NC2CCc3nn(Cc4ccc(F)cc4)c(=O)n3CC2)n(C)n1. The molecule has 1 unspecified atom stereocenters. The van der Waals surface area contributed by atoms with Gasteiger partial charge in [-0.2, -0.15) is 10.2 Å². The molecule has 2 aromatic heterocycles. The summed E-state index contributed by atoms with van der Waals surface area (Å²) in [4.78, 5) is 25.5. The number of halogens is 1. The Kier molecular flexibility index (Phi) is 6.01. The van der Waals surface area contributed by atoms with E-state index in [2.05, 4.69) is 22.4 Å². The molecule has 164 valence electrons. The summed E-state index contributed by atoms with van der Waals surface area (Å²) >= 11 is 0. The van der Waals surface area contributed by atoms with Crippen LogP contribution in [0.15, 0.2) is 35.1 Å². The van der Waals surface area contributed by atoms with Gasteiger partial charge in [-0.3, -0.25) is 14.0 Å². The second-order valence-corrected chi connectivity index (χ2v) is 8.03. The summed E-state index contributed by atoms with van der Waals surface area (Å²) in [6.45, 7) is 2.88. The van der Waals surface area contributed by atoms with Gasteiger partial charge in [0.15, 0.2) is 0 Å². The first-order chi connectivity index (χ1) is 14.9. The summed E-state index contributed by atoms with van der Waals surface area (Å²) in [7, 11) is 1.78. The fraction of sp³-hybridized carbons (Fsp3) is 0.455. The van der Waals surface area contributed by atoms with Crippen molar-refractivity contribution < 1.29 is 9.18 Å². The largest absolute Gasteiger partial charge is 0.348 e. The van der Waals surface area contributed by atoms with Crippen LogP contribution in [0.5, 0.6) is 0 Å². The molecule has 9 heteroatoms. The summed E-state index contributed by atoms with van der Waals surface area (Å²) in [6.07, 6.45) is 3.78. The van der Waals surface area contributed by atoms with Crippen molar-refractivity contribution in [1.82, 2.24) is 29.4 Å². The number of aryl methyl sites for hydroxylation is 3. The molecule has 1 N–H and O–H groups in total. The van der Waals surface area contributed by atoms with Crippen molar-refractivity contribution in [2.45, 2.75) is 58.2 Å². The highest BCUT2D eigenvalue weighted by molar-refractivity contribution is 5.92. The van der Waals surface area contributed by atoms with Crippen LogP contribution in [0.3, 0.4) is 0 Å². The van der Waals surface area contributed by atoms with Gasteiger partial charge in [-0.1, -0.05) is 25.5 Å². The first-order valence-electron chi connectivity index (χ1n) is 10.7. The Labute approximate surface area is 179 Å². The first kappa shape index (κ1) is 21.0. The van der Waals surface area contributed by atoms with Crippen molar-refractivity contribution in [3.63, 3.8) is 0 Å². The second-order valence-electron chi connectivity index (χ2n) is 8.03. The number of nitrogens with one attached hydrogen (secondary N) is 1. The van der Waals surface area contributed by atoms with Crippen LogP contribution in [0, 0.1) is 5.82 Å². The van der Waals surface area contributed by atoms with Gasteiger partial charge >= 0.3 is 5.69 Å². The number of hydrogen-bond acceptors (Lipinski definition) is 4. The van der Waals surface area contributed by atoms with Gasteiger partial charge in [0.05, 0.1) is 12.2 Å². The maximum atomic E-state index is 13.1. The zero-order valence-electron chi connectivity index (χ0n) is 17.8. The molecular weight excluding hydrogens is 399 g/mol. The van der Waals surface area contributed by atoms with E-state index in [4.69, 9.17) is 0 Å². The van der Waals surface area contributed by atoms with Gasteiger partial charge in [0.2, 0.25) is 0 Å². The molecule has 3 aromatic rings. The number of amides is 1. The Morgan fingerprint density at radius 1 is 1.23 bits per heavy atom. The van der Waals surface area contributed by atoms with Crippen molar-refractivity contribution in [3.8, 4) is 0 Å². The lowest BCUT2D eigenvalue weighted by Crippen LogP contribution is -2.36. The molecule has 1 aliphatic heterocycles. The number of hydrogen-bond donors (Lipinski definition) is 1. The van der Waals surface area contributed by atoms with Gasteiger partial charge in [-0.25, -0.2) is 13.9 Å². The van der Waals surface area contributed by atoms with Crippen LogP contribution in [0.4, 0.5) is 4.39 Å². The number of aromatic nitrogens is 5. The summed E-state index contributed by atoms with van der Waals surface area (Å²) < 4.78 is 17.8. The van der Waals surface area contributed by atoms with Crippen LogP contribution < -0.4 is 11.0 Å². The lowest BCUT2D eigenvalue weighted by atomic mass is 10.1. The molecule has 0 spiro atoms. The Morgan fingerprint density at radius 3 is 2.74 bits per heavy atom. The molecule has 0 aliphatic carbocycles. The standard InChI is InChI=1S/C22H27FN6O2/c1-3-4-18-13-19(27(2)25-18)21(30)24-17-9-10-20-26-29(22(31)28(20)12-11-17)14-15-5-7-16(23)8-6-15/h5-8,13,17H,3-4,9-12,14H2,1-2H3,(H,24,30). The van der Waals surface area contributed by atoms with E-state index in [1.807, 2.05) is 6.07 Å². The Balaban J connectivity index is 1.41. The van der Waals surface area contributed by atoms with E-state index in [9.17, 15) is 14.0 Å². The van der Waals surface area contributed by atoms with Crippen LogP contribution in [0.25, 0.3) is 0 Å². The van der Waals surface area contributed by atoms with Crippen LogP contribution >= 0.6 is 0 Å². The molecule has 0 radical (unpaired) electrons. The highest BCUT2D eigenvalue weighted by Gasteiger charge is 2.23.